The van der Waals surface area contributed by atoms with Gasteiger partial charge >= 0.3 is 12.3 Å². The summed E-state index contributed by atoms with van der Waals surface area (Å²) in [6.07, 6.45) is -0.210. The lowest BCUT2D eigenvalue weighted by molar-refractivity contribution is -0.274. The van der Waals surface area contributed by atoms with Gasteiger partial charge in [0.15, 0.2) is 12.9 Å². The van der Waals surface area contributed by atoms with Crippen molar-refractivity contribution in [2.45, 2.75) is 45.0 Å². The van der Waals surface area contributed by atoms with Gasteiger partial charge in [-0.25, -0.2) is 4.79 Å². The standard InChI is InChI=1S/C25H26F3N3O4/c1-3-17-12-29-23-30(13-18-4-8-21(9-5-18)35-25(26,27)28)16-24(2,31(23)14-17)19-6-10-20(11-7-19)34-15-22(32)33/h4-12,14,23H,3,13,15-16H2,1-2H3,(H,32,33). The lowest BCUT2D eigenvalue weighted by atomic mass is 9.91. The minimum atomic E-state index is -4.73. The Hall–Kier alpha value is -3.53. The van der Waals surface area contributed by atoms with E-state index < -0.39 is 24.5 Å². The summed E-state index contributed by atoms with van der Waals surface area (Å²) < 4.78 is 46.7. The van der Waals surface area contributed by atoms with Gasteiger partial charge in [0.1, 0.15) is 11.5 Å². The van der Waals surface area contributed by atoms with Crippen LogP contribution in [0.2, 0.25) is 0 Å². The van der Waals surface area contributed by atoms with Crippen LogP contribution in [0.15, 0.2) is 65.3 Å². The van der Waals surface area contributed by atoms with Crippen molar-refractivity contribution in [1.82, 2.24) is 9.80 Å². The van der Waals surface area contributed by atoms with Crippen molar-refractivity contribution in [2.24, 2.45) is 4.99 Å². The molecule has 0 radical (unpaired) electrons. The molecule has 0 spiro atoms. The second-order valence-electron chi connectivity index (χ2n) is 8.67. The zero-order chi connectivity index (χ0) is 25.2. The molecule has 0 saturated carbocycles. The van der Waals surface area contributed by atoms with Gasteiger partial charge < -0.3 is 19.5 Å². The SMILES string of the molecule is CCC1=CN2C(N=C1)N(Cc1ccc(OC(F)(F)F)cc1)CC2(C)c1ccc(OCC(=O)O)cc1. The Morgan fingerprint density at radius 2 is 1.80 bits per heavy atom. The average Bonchev–Trinajstić information content (AvgIpc) is 3.10. The summed E-state index contributed by atoms with van der Waals surface area (Å²) in [5.41, 5.74) is 2.48. The molecule has 0 bridgehead atoms. The zero-order valence-corrected chi connectivity index (χ0v) is 19.3. The number of aliphatic carboxylic acids is 1. The van der Waals surface area contributed by atoms with Gasteiger partial charge in [0.05, 0.1) is 5.54 Å². The lowest BCUT2D eigenvalue weighted by Crippen LogP contribution is -2.42. The monoisotopic (exact) mass is 489 g/mol. The van der Waals surface area contributed by atoms with Crippen LogP contribution in [-0.2, 0) is 16.9 Å². The van der Waals surface area contributed by atoms with E-state index in [1.807, 2.05) is 18.3 Å². The van der Waals surface area contributed by atoms with E-state index in [9.17, 15) is 18.0 Å². The van der Waals surface area contributed by atoms with Gasteiger partial charge in [0.2, 0.25) is 0 Å². The Kier molecular flexibility index (Phi) is 6.75. The van der Waals surface area contributed by atoms with Gasteiger partial charge in [-0.05, 0) is 54.3 Å². The van der Waals surface area contributed by atoms with Crippen LogP contribution in [0.4, 0.5) is 13.2 Å². The third kappa shape index (κ3) is 5.59. The second kappa shape index (κ2) is 9.61. The third-order valence-electron chi connectivity index (χ3n) is 6.12. The van der Waals surface area contributed by atoms with Gasteiger partial charge in [-0.2, -0.15) is 0 Å². The molecular weight excluding hydrogens is 463 g/mol. The predicted molar refractivity (Wildman–Crippen MR) is 123 cm³/mol. The lowest BCUT2D eigenvalue weighted by Gasteiger charge is -2.38. The van der Waals surface area contributed by atoms with E-state index in [-0.39, 0.29) is 12.0 Å². The first kappa shape index (κ1) is 24.6. The van der Waals surface area contributed by atoms with Crippen LogP contribution in [0.25, 0.3) is 0 Å². The molecule has 2 atom stereocenters. The molecule has 0 amide bonds. The Balaban J connectivity index is 1.56. The highest BCUT2D eigenvalue weighted by molar-refractivity contribution is 5.79. The molecule has 10 heteroatoms. The fraction of sp³-hybridized carbons (Fsp3) is 0.360. The molecule has 186 valence electrons. The van der Waals surface area contributed by atoms with E-state index in [1.165, 1.54) is 12.1 Å². The second-order valence-corrected chi connectivity index (χ2v) is 8.67. The number of ether oxygens (including phenoxy) is 2. The van der Waals surface area contributed by atoms with E-state index in [2.05, 4.69) is 34.6 Å². The molecular formula is C25H26F3N3O4. The van der Waals surface area contributed by atoms with Crippen molar-refractivity contribution < 1.29 is 32.5 Å². The maximum Gasteiger partial charge on any atom is 0.573 e. The van der Waals surface area contributed by atoms with Crippen LogP contribution in [0.3, 0.4) is 0 Å². The number of carboxylic acid groups (broad SMARTS) is 1. The Morgan fingerprint density at radius 3 is 2.40 bits per heavy atom. The molecule has 1 saturated heterocycles. The summed E-state index contributed by atoms with van der Waals surface area (Å²) >= 11 is 0. The number of halogens is 3. The number of alkyl halides is 3. The Bertz CT molecular complexity index is 1120. The first-order valence-corrected chi connectivity index (χ1v) is 11.1. The van der Waals surface area contributed by atoms with Crippen LogP contribution in [0.5, 0.6) is 11.5 Å². The molecule has 1 N–H and O–H groups in total. The van der Waals surface area contributed by atoms with E-state index in [0.717, 1.165) is 23.1 Å². The molecule has 2 aliphatic heterocycles. The molecule has 2 unspecified atom stereocenters. The molecule has 1 fully saturated rings. The number of benzene rings is 2. The highest BCUT2D eigenvalue weighted by Gasteiger charge is 2.48. The maximum atomic E-state index is 12.5. The number of carboxylic acids is 1. The summed E-state index contributed by atoms with van der Waals surface area (Å²) in [6.45, 7) is 4.84. The summed E-state index contributed by atoms with van der Waals surface area (Å²) in [5, 5.41) is 8.82. The topological polar surface area (TPSA) is 74.6 Å². The summed E-state index contributed by atoms with van der Waals surface area (Å²) in [5.74, 6) is -0.837. The maximum absolute atomic E-state index is 12.5. The van der Waals surface area contributed by atoms with Gasteiger partial charge in [-0.3, -0.25) is 9.89 Å². The number of allylic oxidation sites excluding steroid dienone is 1. The molecule has 2 aliphatic rings. The number of nitrogens with zero attached hydrogens (tertiary/aromatic N) is 3. The number of fused-ring (bicyclic) bond motifs is 1. The van der Waals surface area contributed by atoms with Gasteiger partial charge in [-0.15, -0.1) is 13.2 Å². The van der Waals surface area contributed by atoms with Crippen LogP contribution in [0, 0.1) is 0 Å². The first-order chi connectivity index (χ1) is 16.6. The van der Waals surface area contributed by atoms with Crippen molar-refractivity contribution in [3.8, 4) is 11.5 Å². The minimum absolute atomic E-state index is 0.259. The number of rotatable bonds is 8. The molecule has 35 heavy (non-hydrogen) atoms. The first-order valence-electron chi connectivity index (χ1n) is 11.1. The largest absolute Gasteiger partial charge is 0.573 e. The highest BCUT2D eigenvalue weighted by Crippen LogP contribution is 2.42. The molecule has 2 aromatic carbocycles. The molecule has 4 rings (SSSR count). The van der Waals surface area contributed by atoms with E-state index in [1.54, 1.807) is 24.3 Å². The highest BCUT2D eigenvalue weighted by atomic mass is 19.4. The van der Waals surface area contributed by atoms with Crippen LogP contribution < -0.4 is 9.47 Å². The van der Waals surface area contributed by atoms with Crippen LogP contribution in [-0.4, -0.2) is 52.9 Å². The molecule has 0 aromatic heterocycles. The molecule has 7 nitrogen and oxygen atoms in total. The number of aliphatic imine (C=N–C) groups is 1. The summed E-state index contributed by atoms with van der Waals surface area (Å²) in [7, 11) is 0. The quantitative estimate of drug-likeness (QED) is 0.577. The van der Waals surface area contributed by atoms with Crippen molar-refractivity contribution in [3.63, 3.8) is 0 Å². The number of hydrogen-bond acceptors (Lipinski definition) is 6. The van der Waals surface area contributed by atoms with Gasteiger partial charge in [-0.1, -0.05) is 31.2 Å². The van der Waals surface area contributed by atoms with Gasteiger partial charge in [0.25, 0.3) is 0 Å². The summed E-state index contributed by atoms with van der Waals surface area (Å²) in [4.78, 5) is 19.9. The molecule has 2 aromatic rings. The smallest absolute Gasteiger partial charge is 0.482 e. The van der Waals surface area contributed by atoms with Crippen molar-refractivity contribution in [1.29, 1.82) is 0 Å². The minimum Gasteiger partial charge on any atom is -0.482 e. The van der Waals surface area contributed by atoms with Crippen molar-refractivity contribution in [2.75, 3.05) is 13.2 Å². The molecule has 0 aliphatic carbocycles. The molecule has 2 heterocycles. The Labute approximate surface area is 201 Å². The number of hydrogen-bond donors (Lipinski definition) is 1. The number of carbonyl (C=O) groups is 1. The van der Waals surface area contributed by atoms with Crippen molar-refractivity contribution >= 4 is 12.2 Å². The van der Waals surface area contributed by atoms with Crippen LogP contribution >= 0.6 is 0 Å². The van der Waals surface area contributed by atoms with Gasteiger partial charge in [0, 0.05) is 25.5 Å². The van der Waals surface area contributed by atoms with E-state index >= 15 is 0 Å². The predicted octanol–water partition coefficient (Wildman–Crippen LogP) is 4.74. The van der Waals surface area contributed by atoms with E-state index in [4.69, 9.17) is 14.8 Å². The third-order valence-corrected chi connectivity index (χ3v) is 6.12. The van der Waals surface area contributed by atoms with Crippen LogP contribution in [0.1, 0.15) is 31.4 Å². The van der Waals surface area contributed by atoms with Crippen molar-refractivity contribution in [3.05, 3.63) is 71.4 Å². The van der Waals surface area contributed by atoms with E-state index in [0.29, 0.717) is 18.8 Å². The fourth-order valence-corrected chi connectivity index (χ4v) is 4.39. The Morgan fingerprint density at radius 1 is 1.14 bits per heavy atom. The fourth-order valence-electron chi connectivity index (χ4n) is 4.39. The normalized spacial score (nSPS) is 22.0. The zero-order valence-electron chi connectivity index (χ0n) is 19.3. The average molecular weight is 489 g/mol. The summed E-state index contributed by atoms with van der Waals surface area (Å²) in [6, 6.07) is 13.2.